The van der Waals surface area contributed by atoms with Crippen LogP contribution in [0, 0.1) is 0 Å². The first-order valence-corrected chi connectivity index (χ1v) is 6.37. The summed E-state index contributed by atoms with van der Waals surface area (Å²) in [6.45, 7) is 1.17. The molecule has 1 aromatic carbocycles. The highest BCUT2D eigenvalue weighted by Gasteiger charge is 2.05. The van der Waals surface area contributed by atoms with Crippen LogP contribution in [0.25, 0.3) is 0 Å². The smallest absolute Gasteiger partial charge is 0.251 e. The summed E-state index contributed by atoms with van der Waals surface area (Å²) in [7, 11) is 1.96. The molecule has 1 heterocycles. The van der Waals surface area contributed by atoms with Gasteiger partial charge in [-0.3, -0.25) is 4.79 Å². The number of carbonyl (C=O) groups excluding carboxylic acids is 1. The zero-order valence-corrected chi connectivity index (χ0v) is 11.1. The average Bonchev–Trinajstić information content (AvgIpc) is 2.83. The highest BCUT2D eigenvalue weighted by molar-refractivity contribution is 5.94. The molecule has 0 atom stereocenters. The second-order valence-electron chi connectivity index (χ2n) is 4.60. The minimum atomic E-state index is -0.0526. The number of carbonyl (C=O) groups is 1. The van der Waals surface area contributed by atoms with Crippen molar-refractivity contribution < 1.29 is 4.79 Å². The molecule has 0 saturated heterocycles. The van der Waals surface area contributed by atoms with Crippen molar-refractivity contribution in [1.29, 1.82) is 0 Å². The lowest BCUT2D eigenvalue weighted by molar-refractivity contribution is 0.0951. The number of amides is 1. The molecule has 1 amide bonds. The molecule has 0 unspecified atom stereocenters. The largest absolute Gasteiger partial charge is 0.357 e. The summed E-state index contributed by atoms with van der Waals surface area (Å²) in [6, 6.07) is 9.57. The van der Waals surface area contributed by atoms with Crippen molar-refractivity contribution >= 4 is 5.91 Å². The van der Waals surface area contributed by atoms with Gasteiger partial charge in [0, 0.05) is 31.5 Å². The van der Waals surface area contributed by atoms with E-state index in [1.54, 1.807) is 0 Å². The van der Waals surface area contributed by atoms with Crippen molar-refractivity contribution in [3.05, 3.63) is 59.4 Å². The molecular weight excluding hydrogens is 238 g/mol. The molecule has 0 bridgehead atoms. The van der Waals surface area contributed by atoms with E-state index < -0.39 is 0 Å². The van der Waals surface area contributed by atoms with Gasteiger partial charge in [-0.1, -0.05) is 12.1 Å². The van der Waals surface area contributed by atoms with Crippen LogP contribution in [0.2, 0.25) is 0 Å². The second-order valence-corrected chi connectivity index (χ2v) is 4.60. The number of nitrogens with zero attached hydrogens (tertiary/aromatic N) is 1. The maximum Gasteiger partial charge on any atom is 0.251 e. The molecule has 0 aliphatic rings. The van der Waals surface area contributed by atoms with Gasteiger partial charge in [-0.2, -0.15) is 0 Å². The van der Waals surface area contributed by atoms with Crippen LogP contribution in [0.15, 0.2) is 42.7 Å². The van der Waals surface area contributed by atoms with Crippen molar-refractivity contribution in [2.75, 3.05) is 6.54 Å². The summed E-state index contributed by atoms with van der Waals surface area (Å²) in [5.41, 5.74) is 8.42. The van der Waals surface area contributed by atoms with E-state index in [-0.39, 0.29) is 5.91 Å². The third kappa shape index (κ3) is 3.69. The molecule has 0 saturated carbocycles. The van der Waals surface area contributed by atoms with Crippen LogP contribution in [-0.2, 0) is 20.0 Å². The fourth-order valence-corrected chi connectivity index (χ4v) is 1.94. The molecule has 4 heteroatoms. The number of nitrogens with two attached hydrogens (primary N) is 1. The Balaban J connectivity index is 1.92. The Kier molecular flexibility index (Phi) is 4.36. The summed E-state index contributed by atoms with van der Waals surface area (Å²) in [5.74, 6) is -0.0526. The van der Waals surface area contributed by atoms with Crippen LogP contribution in [-0.4, -0.2) is 17.0 Å². The molecule has 0 radical (unpaired) electrons. The molecule has 0 spiro atoms. The third-order valence-corrected chi connectivity index (χ3v) is 3.00. The molecule has 1 aromatic heterocycles. The SMILES string of the molecule is Cn1ccc(CNC(=O)c2ccc(CCN)cc2)c1. The zero-order valence-electron chi connectivity index (χ0n) is 11.1. The molecule has 19 heavy (non-hydrogen) atoms. The van der Waals surface area contributed by atoms with E-state index in [0.717, 1.165) is 17.5 Å². The summed E-state index contributed by atoms with van der Waals surface area (Å²) < 4.78 is 1.96. The molecular formula is C15H19N3O. The lowest BCUT2D eigenvalue weighted by Crippen LogP contribution is -2.22. The molecule has 3 N–H and O–H groups in total. The summed E-state index contributed by atoms with van der Waals surface area (Å²) in [5, 5.41) is 2.90. The van der Waals surface area contributed by atoms with Crippen molar-refractivity contribution in [3.8, 4) is 0 Å². The van der Waals surface area contributed by atoms with E-state index in [2.05, 4.69) is 5.32 Å². The topological polar surface area (TPSA) is 60.0 Å². The number of nitrogens with one attached hydrogen (secondary N) is 1. The van der Waals surface area contributed by atoms with E-state index in [4.69, 9.17) is 5.73 Å². The van der Waals surface area contributed by atoms with Gasteiger partial charge >= 0.3 is 0 Å². The van der Waals surface area contributed by atoms with Crippen molar-refractivity contribution in [2.45, 2.75) is 13.0 Å². The fourth-order valence-electron chi connectivity index (χ4n) is 1.94. The first kappa shape index (κ1) is 13.4. The predicted octanol–water partition coefficient (Wildman–Crippen LogP) is 1.46. The van der Waals surface area contributed by atoms with Gasteiger partial charge in [0.15, 0.2) is 0 Å². The van der Waals surface area contributed by atoms with Crippen molar-refractivity contribution in [1.82, 2.24) is 9.88 Å². The van der Waals surface area contributed by atoms with Crippen molar-refractivity contribution in [2.24, 2.45) is 12.8 Å². The maximum absolute atomic E-state index is 12.0. The summed E-state index contributed by atoms with van der Waals surface area (Å²) in [4.78, 5) is 12.0. The standard InChI is InChI=1S/C15H19N3O/c1-18-9-7-13(11-18)10-17-15(19)14-4-2-12(3-5-14)6-8-16/h2-5,7,9,11H,6,8,10,16H2,1H3,(H,17,19). The lowest BCUT2D eigenvalue weighted by Gasteiger charge is -2.05. The van der Waals surface area contributed by atoms with Crippen LogP contribution in [0.4, 0.5) is 0 Å². The van der Waals surface area contributed by atoms with Crippen LogP contribution in [0.3, 0.4) is 0 Å². The van der Waals surface area contributed by atoms with E-state index in [9.17, 15) is 4.79 Å². The van der Waals surface area contributed by atoms with Crippen LogP contribution in [0.1, 0.15) is 21.5 Å². The maximum atomic E-state index is 12.0. The van der Waals surface area contributed by atoms with E-state index >= 15 is 0 Å². The molecule has 0 fully saturated rings. The molecule has 2 aromatic rings. The monoisotopic (exact) mass is 257 g/mol. The number of rotatable bonds is 5. The Bertz CT molecular complexity index is 543. The Hall–Kier alpha value is -2.07. The number of aromatic nitrogens is 1. The quantitative estimate of drug-likeness (QED) is 0.852. The Morgan fingerprint density at radius 1 is 1.21 bits per heavy atom. The van der Waals surface area contributed by atoms with E-state index in [1.807, 2.05) is 54.3 Å². The third-order valence-electron chi connectivity index (χ3n) is 3.00. The highest BCUT2D eigenvalue weighted by atomic mass is 16.1. The van der Waals surface area contributed by atoms with Gasteiger partial charge in [-0.15, -0.1) is 0 Å². The van der Waals surface area contributed by atoms with Gasteiger partial charge < -0.3 is 15.6 Å². The normalized spacial score (nSPS) is 10.4. The second kappa shape index (κ2) is 6.20. The minimum Gasteiger partial charge on any atom is -0.357 e. The predicted molar refractivity (Wildman–Crippen MR) is 75.8 cm³/mol. The van der Waals surface area contributed by atoms with Crippen LogP contribution < -0.4 is 11.1 Å². The Labute approximate surface area is 113 Å². The van der Waals surface area contributed by atoms with Crippen molar-refractivity contribution in [3.63, 3.8) is 0 Å². The average molecular weight is 257 g/mol. The van der Waals surface area contributed by atoms with E-state index in [0.29, 0.717) is 18.7 Å². The summed E-state index contributed by atoms with van der Waals surface area (Å²) >= 11 is 0. The molecule has 100 valence electrons. The van der Waals surface area contributed by atoms with Gasteiger partial charge in [-0.05, 0) is 42.3 Å². The van der Waals surface area contributed by atoms with Gasteiger partial charge in [0.1, 0.15) is 0 Å². The Morgan fingerprint density at radius 3 is 2.53 bits per heavy atom. The number of hydrogen-bond donors (Lipinski definition) is 2. The fraction of sp³-hybridized carbons (Fsp3) is 0.267. The molecule has 0 aliphatic heterocycles. The lowest BCUT2D eigenvalue weighted by atomic mass is 10.1. The van der Waals surface area contributed by atoms with Gasteiger partial charge in [0.2, 0.25) is 0 Å². The number of aryl methyl sites for hydroxylation is 1. The van der Waals surface area contributed by atoms with Gasteiger partial charge in [0.05, 0.1) is 0 Å². The molecule has 2 rings (SSSR count). The molecule has 4 nitrogen and oxygen atoms in total. The number of hydrogen-bond acceptors (Lipinski definition) is 2. The number of benzene rings is 1. The first-order chi connectivity index (χ1) is 9.19. The first-order valence-electron chi connectivity index (χ1n) is 6.37. The minimum absolute atomic E-state index is 0.0526. The van der Waals surface area contributed by atoms with Gasteiger partial charge in [-0.25, -0.2) is 0 Å². The summed E-state index contributed by atoms with van der Waals surface area (Å²) in [6.07, 6.45) is 4.79. The Morgan fingerprint density at radius 2 is 1.95 bits per heavy atom. The van der Waals surface area contributed by atoms with Crippen LogP contribution >= 0.6 is 0 Å². The van der Waals surface area contributed by atoms with Crippen LogP contribution in [0.5, 0.6) is 0 Å². The highest BCUT2D eigenvalue weighted by Crippen LogP contribution is 2.06. The van der Waals surface area contributed by atoms with E-state index in [1.165, 1.54) is 0 Å². The zero-order chi connectivity index (χ0) is 13.7. The van der Waals surface area contributed by atoms with Gasteiger partial charge in [0.25, 0.3) is 5.91 Å². The molecule has 0 aliphatic carbocycles.